The molecule has 1 unspecified atom stereocenters. The number of nitrogen functional groups attached to an aromatic ring is 1. The lowest BCUT2D eigenvalue weighted by atomic mass is 10.2. The lowest BCUT2D eigenvalue weighted by Crippen LogP contribution is -2.28. The molecular formula is C13H15N3OS. The summed E-state index contributed by atoms with van der Waals surface area (Å²) in [6, 6.07) is 1.87. The van der Waals surface area contributed by atoms with Crippen molar-refractivity contribution in [1.29, 1.82) is 0 Å². The number of carbonyl (C=O) groups excluding carboxylic acids is 1. The number of fused-ring (bicyclic) bond motifs is 1. The zero-order valence-electron chi connectivity index (χ0n) is 10.2. The number of anilines is 1. The summed E-state index contributed by atoms with van der Waals surface area (Å²) in [5.74, 6) is 0.657. The lowest BCUT2D eigenvalue weighted by molar-refractivity contribution is 0.0794. The third-order valence-electron chi connectivity index (χ3n) is 3.44. The Morgan fingerprint density at radius 2 is 2.44 bits per heavy atom. The predicted molar refractivity (Wildman–Crippen MR) is 73.7 cm³/mol. The first-order chi connectivity index (χ1) is 8.66. The van der Waals surface area contributed by atoms with Crippen LogP contribution in [0.1, 0.15) is 23.0 Å². The van der Waals surface area contributed by atoms with Gasteiger partial charge >= 0.3 is 0 Å². The normalized spacial score (nSPS) is 19.6. The Bertz CT molecular complexity index is 607. The Morgan fingerprint density at radius 3 is 3.11 bits per heavy atom. The molecule has 4 nitrogen and oxygen atoms in total. The summed E-state index contributed by atoms with van der Waals surface area (Å²) >= 11 is 1.44. The largest absolute Gasteiger partial charge is 0.397 e. The van der Waals surface area contributed by atoms with E-state index in [4.69, 9.17) is 5.73 Å². The van der Waals surface area contributed by atoms with Gasteiger partial charge in [-0.15, -0.1) is 11.3 Å². The number of nitrogens with two attached hydrogens (primary N) is 1. The van der Waals surface area contributed by atoms with Crippen LogP contribution in [0.25, 0.3) is 10.1 Å². The summed E-state index contributed by atoms with van der Waals surface area (Å²) in [5.41, 5.74) is 6.68. The number of rotatable bonds is 1. The van der Waals surface area contributed by atoms with Gasteiger partial charge in [0.15, 0.2) is 0 Å². The highest BCUT2D eigenvalue weighted by atomic mass is 32.1. The molecule has 0 aliphatic carbocycles. The molecule has 0 radical (unpaired) electrons. The van der Waals surface area contributed by atoms with Gasteiger partial charge in [0.2, 0.25) is 0 Å². The van der Waals surface area contributed by atoms with Gasteiger partial charge in [0.25, 0.3) is 5.91 Å². The van der Waals surface area contributed by atoms with Crippen LogP contribution in [0.2, 0.25) is 0 Å². The van der Waals surface area contributed by atoms with E-state index < -0.39 is 0 Å². The van der Waals surface area contributed by atoms with E-state index in [-0.39, 0.29) is 5.91 Å². The molecular weight excluding hydrogens is 246 g/mol. The van der Waals surface area contributed by atoms with E-state index in [1.807, 2.05) is 11.0 Å². The summed E-state index contributed by atoms with van der Waals surface area (Å²) in [5, 5.41) is 0.936. The fourth-order valence-corrected chi connectivity index (χ4v) is 3.45. The molecule has 2 aromatic rings. The molecule has 1 fully saturated rings. The molecule has 94 valence electrons. The summed E-state index contributed by atoms with van der Waals surface area (Å²) < 4.78 is 0.977. The van der Waals surface area contributed by atoms with Crippen molar-refractivity contribution in [1.82, 2.24) is 9.88 Å². The van der Waals surface area contributed by atoms with Crippen molar-refractivity contribution in [3.05, 3.63) is 23.3 Å². The molecule has 1 aliphatic rings. The molecule has 1 saturated heterocycles. The Morgan fingerprint density at radius 1 is 1.61 bits per heavy atom. The van der Waals surface area contributed by atoms with E-state index >= 15 is 0 Å². The molecule has 18 heavy (non-hydrogen) atoms. The molecule has 5 heteroatoms. The molecule has 1 atom stereocenters. The minimum Gasteiger partial charge on any atom is -0.397 e. The fourth-order valence-electron chi connectivity index (χ4n) is 2.39. The maximum absolute atomic E-state index is 12.4. The predicted octanol–water partition coefficient (Wildman–Crippen LogP) is 2.36. The van der Waals surface area contributed by atoms with E-state index in [0.717, 1.165) is 29.6 Å². The summed E-state index contributed by atoms with van der Waals surface area (Å²) in [7, 11) is 0. The molecule has 0 saturated carbocycles. The molecule has 3 rings (SSSR count). The van der Waals surface area contributed by atoms with Gasteiger partial charge in [0.1, 0.15) is 4.88 Å². The number of hydrogen-bond donors (Lipinski definition) is 1. The molecule has 1 amide bonds. The number of hydrogen-bond acceptors (Lipinski definition) is 4. The third-order valence-corrected chi connectivity index (χ3v) is 4.58. The number of carbonyl (C=O) groups is 1. The average molecular weight is 261 g/mol. The number of aromatic nitrogens is 1. The summed E-state index contributed by atoms with van der Waals surface area (Å²) in [6.45, 7) is 3.85. The van der Waals surface area contributed by atoms with Gasteiger partial charge in [-0.2, -0.15) is 0 Å². The topological polar surface area (TPSA) is 59.2 Å². The Kier molecular flexibility index (Phi) is 2.70. The molecule has 2 N–H and O–H groups in total. The van der Waals surface area contributed by atoms with Crippen LogP contribution in [0.3, 0.4) is 0 Å². The zero-order valence-corrected chi connectivity index (χ0v) is 11.0. The molecule has 0 bridgehead atoms. The third kappa shape index (κ3) is 1.75. The number of pyridine rings is 1. The number of thiophene rings is 1. The van der Waals surface area contributed by atoms with Crippen molar-refractivity contribution in [2.75, 3.05) is 18.8 Å². The first-order valence-corrected chi connectivity index (χ1v) is 6.89. The van der Waals surface area contributed by atoms with Gasteiger partial charge in [-0.05, 0) is 18.4 Å². The first-order valence-electron chi connectivity index (χ1n) is 6.08. The summed E-state index contributed by atoms with van der Waals surface area (Å²) in [6.07, 6.45) is 4.55. The van der Waals surface area contributed by atoms with Crippen molar-refractivity contribution < 1.29 is 4.79 Å². The van der Waals surface area contributed by atoms with Crippen LogP contribution < -0.4 is 5.73 Å². The highest BCUT2D eigenvalue weighted by molar-refractivity contribution is 7.21. The monoisotopic (exact) mass is 261 g/mol. The number of nitrogens with zero attached hydrogens (tertiary/aromatic N) is 2. The number of likely N-dealkylation sites (tertiary alicyclic amines) is 1. The maximum Gasteiger partial charge on any atom is 0.266 e. The Hall–Kier alpha value is -1.62. The van der Waals surface area contributed by atoms with E-state index in [1.54, 1.807) is 12.4 Å². The second-order valence-corrected chi connectivity index (χ2v) is 5.91. The molecule has 3 heterocycles. The van der Waals surface area contributed by atoms with Crippen molar-refractivity contribution in [2.45, 2.75) is 13.3 Å². The van der Waals surface area contributed by atoms with Crippen LogP contribution in [0.5, 0.6) is 0 Å². The van der Waals surface area contributed by atoms with Gasteiger partial charge in [-0.1, -0.05) is 6.92 Å². The lowest BCUT2D eigenvalue weighted by Gasteiger charge is -2.14. The van der Waals surface area contributed by atoms with E-state index in [9.17, 15) is 4.79 Å². The average Bonchev–Trinajstić information content (AvgIpc) is 2.94. The van der Waals surface area contributed by atoms with Crippen LogP contribution in [-0.2, 0) is 0 Å². The Labute approximate surface area is 109 Å². The van der Waals surface area contributed by atoms with Crippen LogP contribution in [0.4, 0.5) is 5.69 Å². The van der Waals surface area contributed by atoms with Crippen LogP contribution in [-0.4, -0.2) is 28.9 Å². The minimum absolute atomic E-state index is 0.0676. The second kappa shape index (κ2) is 4.24. The van der Waals surface area contributed by atoms with Crippen molar-refractivity contribution >= 4 is 33.0 Å². The first kappa shape index (κ1) is 11.5. The Balaban J connectivity index is 1.99. The maximum atomic E-state index is 12.4. The van der Waals surface area contributed by atoms with Crippen molar-refractivity contribution in [3.63, 3.8) is 0 Å². The smallest absolute Gasteiger partial charge is 0.266 e. The second-order valence-electron chi connectivity index (χ2n) is 4.86. The summed E-state index contributed by atoms with van der Waals surface area (Å²) in [4.78, 5) is 19.0. The molecule has 1 aliphatic heterocycles. The fraction of sp³-hybridized carbons (Fsp3) is 0.385. The zero-order chi connectivity index (χ0) is 12.7. The van der Waals surface area contributed by atoms with E-state index in [1.165, 1.54) is 11.3 Å². The SMILES string of the molecule is CC1CCN(C(=O)c2sc3cnccc3c2N)C1. The number of amides is 1. The molecule has 2 aromatic heterocycles. The van der Waals surface area contributed by atoms with Gasteiger partial charge < -0.3 is 10.6 Å². The van der Waals surface area contributed by atoms with Gasteiger partial charge in [0.05, 0.1) is 10.4 Å². The van der Waals surface area contributed by atoms with Crippen LogP contribution in [0.15, 0.2) is 18.5 Å². The van der Waals surface area contributed by atoms with Crippen molar-refractivity contribution in [2.24, 2.45) is 5.92 Å². The molecule has 0 aromatic carbocycles. The van der Waals surface area contributed by atoms with Crippen LogP contribution >= 0.6 is 11.3 Å². The van der Waals surface area contributed by atoms with Gasteiger partial charge in [-0.25, -0.2) is 0 Å². The van der Waals surface area contributed by atoms with Gasteiger partial charge in [0, 0.05) is 30.9 Å². The van der Waals surface area contributed by atoms with E-state index in [0.29, 0.717) is 16.5 Å². The van der Waals surface area contributed by atoms with Crippen molar-refractivity contribution in [3.8, 4) is 0 Å². The standard InChI is InChI=1S/C13H15N3OS/c1-8-3-5-16(7-8)13(17)12-11(14)9-2-4-15-6-10(9)18-12/h2,4,6,8H,3,5,7,14H2,1H3. The highest BCUT2D eigenvalue weighted by Gasteiger charge is 2.27. The van der Waals surface area contributed by atoms with Gasteiger partial charge in [-0.3, -0.25) is 9.78 Å². The highest BCUT2D eigenvalue weighted by Crippen LogP contribution is 2.34. The quantitative estimate of drug-likeness (QED) is 0.857. The van der Waals surface area contributed by atoms with Crippen LogP contribution in [0, 0.1) is 5.92 Å². The molecule has 0 spiro atoms. The minimum atomic E-state index is 0.0676. The van der Waals surface area contributed by atoms with E-state index in [2.05, 4.69) is 11.9 Å².